The van der Waals surface area contributed by atoms with Crippen LogP contribution in [0.5, 0.6) is 0 Å². The Bertz CT molecular complexity index is 273. The van der Waals surface area contributed by atoms with Gasteiger partial charge in [-0.3, -0.25) is 0 Å². The van der Waals surface area contributed by atoms with Gasteiger partial charge >= 0.3 is 0 Å². The minimum absolute atomic E-state index is 0.385. The molecular weight excluding hydrogens is 177 g/mol. The summed E-state index contributed by atoms with van der Waals surface area (Å²) < 4.78 is 13.5. The predicted octanol–water partition coefficient (Wildman–Crippen LogP) is 2.87. The van der Waals surface area contributed by atoms with Crippen molar-refractivity contribution in [3.8, 4) is 0 Å². The van der Waals surface area contributed by atoms with E-state index in [4.69, 9.17) is 0 Å². The van der Waals surface area contributed by atoms with Gasteiger partial charge in [-0.05, 0) is 24.6 Å². The highest BCUT2D eigenvalue weighted by Gasteiger charge is 2.08. The van der Waals surface area contributed by atoms with Crippen LogP contribution in [0.3, 0.4) is 0 Å². The van der Waals surface area contributed by atoms with E-state index in [1.807, 2.05) is 18.2 Å². The monoisotopic (exact) mass is 195 g/mol. The first-order valence-corrected chi connectivity index (χ1v) is 5.15. The molecule has 0 heterocycles. The van der Waals surface area contributed by atoms with Crippen LogP contribution in [-0.2, 0) is 6.42 Å². The Morgan fingerprint density at radius 3 is 2.86 bits per heavy atom. The van der Waals surface area contributed by atoms with Gasteiger partial charge in [0.05, 0.1) is 0 Å². The molecule has 0 aromatic heterocycles. The van der Waals surface area contributed by atoms with Crippen LogP contribution in [0.1, 0.15) is 30.6 Å². The van der Waals surface area contributed by atoms with Gasteiger partial charge in [0.25, 0.3) is 0 Å². The normalized spacial score (nSPS) is 12.8. The summed E-state index contributed by atoms with van der Waals surface area (Å²) in [6, 6.07) is 7.80. The highest BCUT2D eigenvalue weighted by Crippen LogP contribution is 2.18. The SMILES string of the molecule is CCCc1cccc(C(F)CNC)c1. The Labute approximate surface area is 85.3 Å². The lowest BCUT2D eigenvalue weighted by atomic mass is 10.0. The van der Waals surface area contributed by atoms with Gasteiger partial charge in [-0.1, -0.05) is 37.6 Å². The molecule has 1 aromatic rings. The van der Waals surface area contributed by atoms with E-state index in [1.165, 1.54) is 5.56 Å². The van der Waals surface area contributed by atoms with Gasteiger partial charge < -0.3 is 5.32 Å². The first kappa shape index (κ1) is 11.2. The van der Waals surface area contributed by atoms with Crippen molar-refractivity contribution in [2.24, 2.45) is 0 Å². The summed E-state index contributed by atoms with van der Waals surface area (Å²) in [7, 11) is 1.77. The molecule has 0 radical (unpaired) electrons. The van der Waals surface area contributed by atoms with E-state index in [9.17, 15) is 4.39 Å². The maximum atomic E-state index is 13.5. The molecule has 1 aromatic carbocycles. The molecule has 1 rings (SSSR count). The third kappa shape index (κ3) is 3.11. The summed E-state index contributed by atoms with van der Waals surface area (Å²) in [5.41, 5.74) is 2.01. The van der Waals surface area contributed by atoms with E-state index in [0.29, 0.717) is 6.54 Å². The van der Waals surface area contributed by atoms with Crippen molar-refractivity contribution in [1.29, 1.82) is 0 Å². The van der Waals surface area contributed by atoms with Crippen LogP contribution in [0.4, 0.5) is 4.39 Å². The maximum Gasteiger partial charge on any atom is 0.137 e. The predicted molar refractivity (Wildman–Crippen MR) is 58.2 cm³/mol. The Hall–Kier alpha value is -0.890. The first-order valence-electron chi connectivity index (χ1n) is 5.15. The van der Waals surface area contributed by atoms with Crippen LogP contribution in [0.2, 0.25) is 0 Å². The zero-order valence-electron chi connectivity index (χ0n) is 8.89. The lowest BCUT2D eigenvalue weighted by Gasteiger charge is -2.09. The van der Waals surface area contributed by atoms with E-state index in [-0.39, 0.29) is 0 Å². The molecular formula is C12H18FN. The van der Waals surface area contributed by atoms with Gasteiger partial charge in [0.15, 0.2) is 0 Å². The van der Waals surface area contributed by atoms with Crippen molar-refractivity contribution in [3.05, 3.63) is 35.4 Å². The summed E-state index contributed by atoms with van der Waals surface area (Å²) in [5, 5.41) is 2.84. The average Bonchev–Trinajstić information content (AvgIpc) is 2.19. The number of rotatable bonds is 5. The molecule has 78 valence electrons. The minimum atomic E-state index is -0.892. The minimum Gasteiger partial charge on any atom is -0.317 e. The van der Waals surface area contributed by atoms with E-state index >= 15 is 0 Å². The Morgan fingerprint density at radius 1 is 1.43 bits per heavy atom. The number of hydrogen-bond acceptors (Lipinski definition) is 1. The third-order valence-electron chi connectivity index (χ3n) is 2.23. The van der Waals surface area contributed by atoms with E-state index in [2.05, 4.69) is 18.3 Å². The smallest absolute Gasteiger partial charge is 0.137 e. The molecule has 0 saturated carbocycles. The summed E-state index contributed by atoms with van der Waals surface area (Å²) >= 11 is 0. The second-order valence-corrected chi connectivity index (χ2v) is 3.52. The fraction of sp³-hybridized carbons (Fsp3) is 0.500. The van der Waals surface area contributed by atoms with Crippen molar-refractivity contribution >= 4 is 0 Å². The standard InChI is InChI=1S/C12H18FN/c1-3-5-10-6-4-7-11(8-10)12(13)9-14-2/h4,6-8,12,14H,3,5,9H2,1-2H3. The lowest BCUT2D eigenvalue weighted by molar-refractivity contribution is 0.335. The first-order chi connectivity index (χ1) is 6.77. The number of nitrogens with one attached hydrogen (secondary N) is 1. The molecule has 2 heteroatoms. The van der Waals surface area contributed by atoms with Gasteiger partial charge in [0.1, 0.15) is 6.17 Å². The molecule has 1 unspecified atom stereocenters. The fourth-order valence-corrected chi connectivity index (χ4v) is 1.53. The van der Waals surface area contributed by atoms with Crippen LogP contribution >= 0.6 is 0 Å². The highest BCUT2D eigenvalue weighted by molar-refractivity contribution is 5.25. The summed E-state index contributed by atoms with van der Waals surface area (Å²) in [6.07, 6.45) is 1.24. The van der Waals surface area contributed by atoms with Gasteiger partial charge in [-0.15, -0.1) is 0 Å². The van der Waals surface area contributed by atoms with Crippen molar-refractivity contribution in [3.63, 3.8) is 0 Å². The van der Waals surface area contributed by atoms with Crippen molar-refractivity contribution in [2.45, 2.75) is 25.9 Å². The van der Waals surface area contributed by atoms with Crippen LogP contribution in [0, 0.1) is 0 Å². The number of likely N-dealkylation sites (N-methyl/N-ethyl adjacent to an activating group) is 1. The van der Waals surface area contributed by atoms with Crippen molar-refractivity contribution in [1.82, 2.24) is 5.32 Å². The molecule has 0 fully saturated rings. The Balaban J connectivity index is 2.71. The molecule has 0 aliphatic rings. The second-order valence-electron chi connectivity index (χ2n) is 3.52. The van der Waals surface area contributed by atoms with Gasteiger partial charge in [0.2, 0.25) is 0 Å². The largest absolute Gasteiger partial charge is 0.317 e. The summed E-state index contributed by atoms with van der Waals surface area (Å²) in [5.74, 6) is 0. The van der Waals surface area contributed by atoms with E-state index in [0.717, 1.165) is 18.4 Å². The quantitative estimate of drug-likeness (QED) is 0.761. The molecule has 1 atom stereocenters. The van der Waals surface area contributed by atoms with Gasteiger partial charge in [-0.2, -0.15) is 0 Å². The number of hydrogen-bond donors (Lipinski definition) is 1. The average molecular weight is 195 g/mol. The van der Waals surface area contributed by atoms with E-state index in [1.54, 1.807) is 7.05 Å². The third-order valence-corrected chi connectivity index (χ3v) is 2.23. The molecule has 0 saturated heterocycles. The lowest BCUT2D eigenvalue weighted by Crippen LogP contribution is -2.13. The topological polar surface area (TPSA) is 12.0 Å². The van der Waals surface area contributed by atoms with E-state index < -0.39 is 6.17 Å². The zero-order valence-corrected chi connectivity index (χ0v) is 8.89. The highest BCUT2D eigenvalue weighted by atomic mass is 19.1. The van der Waals surface area contributed by atoms with Gasteiger partial charge in [0, 0.05) is 6.54 Å². The molecule has 0 aliphatic heterocycles. The van der Waals surface area contributed by atoms with Crippen LogP contribution < -0.4 is 5.32 Å². The summed E-state index contributed by atoms with van der Waals surface area (Å²) in [4.78, 5) is 0. The molecule has 1 N–H and O–H groups in total. The zero-order chi connectivity index (χ0) is 10.4. The van der Waals surface area contributed by atoms with Crippen molar-refractivity contribution in [2.75, 3.05) is 13.6 Å². The van der Waals surface area contributed by atoms with Crippen molar-refractivity contribution < 1.29 is 4.39 Å². The maximum absolute atomic E-state index is 13.5. The molecule has 0 amide bonds. The molecule has 1 nitrogen and oxygen atoms in total. The Morgan fingerprint density at radius 2 is 2.21 bits per heavy atom. The molecule has 14 heavy (non-hydrogen) atoms. The number of benzene rings is 1. The van der Waals surface area contributed by atoms with Crippen LogP contribution in [0.15, 0.2) is 24.3 Å². The fourth-order valence-electron chi connectivity index (χ4n) is 1.53. The Kier molecular flexibility index (Phi) is 4.60. The van der Waals surface area contributed by atoms with Gasteiger partial charge in [-0.25, -0.2) is 4.39 Å². The number of aryl methyl sites for hydroxylation is 1. The molecule has 0 spiro atoms. The number of halogens is 1. The van der Waals surface area contributed by atoms with Crippen LogP contribution in [-0.4, -0.2) is 13.6 Å². The molecule has 0 aliphatic carbocycles. The second kappa shape index (κ2) is 5.76. The molecule has 0 bridgehead atoms. The van der Waals surface area contributed by atoms with Crippen LogP contribution in [0.25, 0.3) is 0 Å². The number of alkyl halides is 1. The summed E-state index contributed by atoms with van der Waals surface area (Å²) in [6.45, 7) is 2.52.